The van der Waals surface area contributed by atoms with E-state index in [-0.39, 0.29) is 18.9 Å². The fourth-order valence-electron chi connectivity index (χ4n) is 2.10. The van der Waals surface area contributed by atoms with Crippen molar-refractivity contribution in [2.24, 2.45) is 5.73 Å². The number of hydrogen-bond donors (Lipinski definition) is 2. The molecule has 1 atom stereocenters. The number of amides is 1. The van der Waals surface area contributed by atoms with Gasteiger partial charge in [0.2, 0.25) is 5.91 Å². The molecule has 1 amide bonds. The average Bonchev–Trinajstić information content (AvgIpc) is 2.39. The number of rotatable bonds is 7. The van der Waals surface area contributed by atoms with Crippen molar-refractivity contribution in [3.8, 4) is 0 Å². The molecule has 0 aliphatic carbocycles. The SMILES string of the molecule is CCCC(C)(N)C(=O)N(CCC(=O)O)c1ccccc1. The first-order valence-electron chi connectivity index (χ1n) is 6.76. The molecule has 1 aromatic rings. The minimum Gasteiger partial charge on any atom is -0.481 e. The molecule has 0 fully saturated rings. The lowest BCUT2D eigenvalue weighted by Gasteiger charge is -2.31. The van der Waals surface area contributed by atoms with Gasteiger partial charge in [0.05, 0.1) is 12.0 Å². The van der Waals surface area contributed by atoms with Crippen LogP contribution in [-0.2, 0) is 9.59 Å². The Labute approximate surface area is 119 Å². The fourth-order valence-corrected chi connectivity index (χ4v) is 2.10. The maximum Gasteiger partial charge on any atom is 0.305 e. The Morgan fingerprint density at radius 1 is 1.30 bits per heavy atom. The van der Waals surface area contributed by atoms with E-state index < -0.39 is 11.5 Å². The highest BCUT2D eigenvalue weighted by atomic mass is 16.4. The zero-order valence-corrected chi connectivity index (χ0v) is 12.0. The van der Waals surface area contributed by atoms with Crippen molar-refractivity contribution in [2.45, 2.75) is 38.6 Å². The molecule has 0 heterocycles. The quantitative estimate of drug-likeness (QED) is 0.799. The number of carboxylic acid groups (broad SMARTS) is 1. The highest BCUT2D eigenvalue weighted by Crippen LogP contribution is 2.20. The van der Waals surface area contributed by atoms with Crippen molar-refractivity contribution in [1.29, 1.82) is 0 Å². The van der Waals surface area contributed by atoms with Gasteiger partial charge in [0.25, 0.3) is 0 Å². The summed E-state index contributed by atoms with van der Waals surface area (Å²) in [5, 5.41) is 8.83. The van der Waals surface area contributed by atoms with Crippen molar-refractivity contribution >= 4 is 17.6 Å². The summed E-state index contributed by atoms with van der Waals surface area (Å²) in [5.74, 6) is -1.18. The van der Waals surface area contributed by atoms with Crippen LogP contribution < -0.4 is 10.6 Å². The van der Waals surface area contributed by atoms with Crippen LogP contribution in [-0.4, -0.2) is 29.1 Å². The van der Waals surface area contributed by atoms with Crippen molar-refractivity contribution in [1.82, 2.24) is 0 Å². The predicted molar refractivity (Wildman–Crippen MR) is 78.5 cm³/mol. The van der Waals surface area contributed by atoms with E-state index in [4.69, 9.17) is 10.8 Å². The highest BCUT2D eigenvalue weighted by molar-refractivity contribution is 6.00. The van der Waals surface area contributed by atoms with Crippen LogP contribution in [0.5, 0.6) is 0 Å². The number of carbonyl (C=O) groups excluding carboxylic acids is 1. The summed E-state index contributed by atoms with van der Waals surface area (Å²) in [7, 11) is 0. The van der Waals surface area contributed by atoms with Crippen LogP contribution in [0.25, 0.3) is 0 Å². The minimum atomic E-state index is -0.983. The lowest BCUT2D eigenvalue weighted by Crippen LogP contribution is -2.54. The van der Waals surface area contributed by atoms with Gasteiger partial charge in [-0.3, -0.25) is 9.59 Å². The molecule has 0 saturated heterocycles. The van der Waals surface area contributed by atoms with Gasteiger partial charge in [-0.25, -0.2) is 0 Å². The van der Waals surface area contributed by atoms with Crippen molar-refractivity contribution in [3.05, 3.63) is 30.3 Å². The molecule has 0 saturated carbocycles. The third-order valence-electron chi connectivity index (χ3n) is 3.12. The summed E-state index contributed by atoms with van der Waals surface area (Å²) < 4.78 is 0. The summed E-state index contributed by atoms with van der Waals surface area (Å²) in [5.41, 5.74) is 5.77. The molecule has 0 bridgehead atoms. The molecule has 20 heavy (non-hydrogen) atoms. The molecule has 110 valence electrons. The molecule has 1 rings (SSSR count). The van der Waals surface area contributed by atoms with Gasteiger partial charge in [-0.1, -0.05) is 31.5 Å². The molecule has 1 aromatic carbocycles. The van der Waals surface area contributed by atoms with E-state index >= 15 is 0 Å². The van der Waals surface area contributed by atoms with E-state index in [2.05, 4.69) is 0 Å². The molecular weight excluding hydrogens is 256 g/mol. The third-order valence-corrected chi connectivity index (χ3v) is 3.12. The van der Waals surface area contributed by atoms with E-state index in [1.807, 2.05) is 25.1 Å². The molecule has 0 spiro atoms. The lowest BCUT2D eigenvalue weighted by molar-refractivity contribution is -0.136. The standard InChI is InChI=1S/C15H22N2O3/c1-3-10-15(2,16)14(20)17(11-9-13(18)19)12-7-5-4-6-8-12/h4-8H,3,9-11,16H2,1-2H3,(H,18,19). The second-order valence-electron chi connectivity index (χ2n) is 5.10. The molecule has 0 aliphatic heterocycles. The van der Waals surface area contributed by atoms with E-state index in [0.717, 1.165) is 6.42 Å². The Hall–Kier alpha value is -1.88. The first-order valence-corrected chi connectivity index (χ1v) is 6.76. The van der Waals surface area contributed by atoms with Gasteiger partial charge in [-0.05, 0) is 25.5 Å². The molecule has 3 N–H and O–H groups in total. The highest BCUT2D eigenvalue weighted by Gasteiger charge is 2.32. The Morgan fingerprint density at radius 3 is 2.40 bits per heavy atom. The molecule has 5 heteroatoms. The molecular formula is C15H22N2O3. The zero-order chi connectivity index (χ0) is 15.2. The Bertz CT molecular complexity index is 457. The number of benzene rings is 1. The van der Waals surface area contributed by atoms with Crippen LogP contribution in [0.2, 0.25) is 0 Å². The molecule has 0 radical (unpaired) electrons. The fraction of sp³-hybridized carbons (Fsp3) is 0.467. The lowest BCUT2D eigenvalue weighted by atomic mass is 9.95. The van der Waals surface area contributed by atoms with E-state index in [1.165, 1.54) is 4.90 Å². The van der Waals surface area contributed by atoms with Crippen molar-refractivity contribution in [2.75, 3.05) is 11.4 Å². The number of anilines is 1. The van der Waals surface area contributed by atoms with Gasteiger partial charge in [-0.2, -0.15) is 0 Å². The topological polar surface area (TPSA) is 83.6 Å². The van der Waals surface area contributed by atoms with Crippen LogP contribution in [0.1, 0.15) is 33.1 Å². The maximum atomic E-state index is 12.6. The van der Waals surface area contributed by atoms with Crippen LogP contribution in [0, 0.1) is 0 Å². The second-order valence-corrected chi connectivity index (χ2v) is 5.10. The Balaban J connectivity index is 2.98. The number of para-hydroxylation sites is 1. The minimum absolute atomic E-state index is 0.108. The summed E-state index contributed by atoms with van der Waals surface area (Å²) in [6.07, 6.45) is 1.24. The van der Waals surface area contributed by atoms with Crippen molar-refractivity contribution < 1.29 is 14.7 Å². The van der Waals surface area contributed by atoms with Crippen LogP contribution in [0.3, 0.4) is 0 Å². The summed E-state index contributed by atoms with van der Waals surface area (Å²) in [6.45, 7) is 3.77. The van der Waals surface area contributed by atoms with Crippen LogP contribution in [0.15, 0.2) is 30.3 Å². The molecule has 0 aromatic heterocycles. The Morgan fingerprint density at radius 2 is 1.90 bits per heavy atom. The van der Waals surface area contributed by atoms with Crippen LogP contribution >= 0.6 is 0 Å². The van der Waals surface area contributed by atoms with Gasteiger partial charge >= 0.3 is 5.97 Å². The number of nitrogens with two attached hydrogens (primary N) is 1. The molecule has 0 aliphatic rings. The monoisotopic (exact) mass is 278 g/mol. The summed E-state index contributed by atoms with van der Waals surface area (Å²) in [6, 6.07) is 9.02. The number of carbonyl (C=O) groups is 2. The summed E-state index contributed by atoms with van der Waals surface area (Å²) in [4.78, 5) is 24.8. The number of carboxylic acids is 1. The van der Waals surface area contributed by atoms with E-state index in [0.29, 0.717) is 12.1 Å². The van der Waals surface area contributed by atoms with E-state index in [1.54, 1.807) is 19.1 Å². The van der Waals surface area contributed by atoms with Gasteiger partial charge in [0.15, 0.2) is 0 Å². The van der Waals surface area contributed by atoms with E-state index in [9.17, 15) is 9.59 Å². The predicted octanol–water partition coefficient (Wildman–Crippen LogP) is 2.01. The average molecular weight is 278 g/mol. The molecule has 5 nitrogen and oxygen atoms in total. The van der Waals surface area contributed by atoms with Crippen LogP contribution in [0.4, 0.5) is 5.69 Å². The largest absolute Gasteiger partial charge is 0.481 e. The second kappa shape index (κ2) is 7.05. The smallest absolute Gasteiger partial charge is 0.305 e. The number of aliphatic carboxylic acids is 1. The maximum absolute atomic E-state index is 12.6. The summed E-state index contributed by atoms with van der Waals surface area (Å²) >= 11 is 0. The first kappa shape index (κ1) is 16.2. The Kier molecular flexibility index (Phi) is 5.70. The van der Waals surface area contributed by atoms with Gasteiger partial charge < -0.3 is 15.7 Å². The first-order chi connectivity index (χ1) is 9.38. The number of hydrogen-bond acceptors (Lipinski definition) is 3. The van der Waals surface area contributed by atoms with Gasteiger partial charge in [0, 0.05) is 12.2 Å². The molecule has 1 unspecified atom stereocenters. The van der Waals surface area contributed by atoms with Crippen molar-refractivity contribution in [3.63, 3.8) is 0 Å². The van der Waals surface area contributed by atoms with Gasteiger partial charge in [-0.15, -0.1) is 0 Å². The normalized spacial score (nSPS) is 13.6. The van der Waals surface area contributed by atoms with Gasteiger partial charge in [0.1, 0.15) is 0 Å². The third kappa shape index (κ3) is 4.35. The number of nitrogens with zero attached hydrogens (tertiary/aromatic N) is 1. The zero-order valence-electron chi connectivity index (χ0n) is 12.0.